The largest absolute Gasteiger partial charge is 0.323 e. The van der Waals surface area contributed by atoms with Crippen LogP contribution in [0.15, 0.2) is 23.0 Å². The minimum Gasteiger partial charge on any atom is -0.306 e. The number of aromatic amines is 2. The third kappa shape index (κ3) is 1.18. The van der Waals surface area contributed by atoms with Crippen LogP contribution in [0, 0.1) is 3.57 Å². The number of fused-ring (bicyclic) bond motifs is 1. The summed E-state index contributed by atoms with van der Waals surface area (Å²) in [5.74, 6) is 0. The van der Waals surface area contributed by atoms with Crippen molar-refractivity contribution in [1.29, 1.82) is 0 Å². The van der Waals surface area contributed by atoms with E-state index in [1.54, 1.807) is 0 Å². The average Bonchev–Trinajstić information content (AvgIpc) is 2.27. The van der Waals surface area contributed by atoms with Crippen molar-refractivity contribution >= 4 is 33.6 Å². The van der Waals surface area contributed by atoms with Crippen molar-refractivity contribution < 1.29 is 0 Å². The van der Waals surface area contributed by atoms with Gasteiger partial charge in [-0.3, -0.25) is 0 Å². The first kappa shape index (κ1) is 6.90. The third-order valence-electron chi connectivity index (χ3n) is 1.48. The summed E-state index contributed by atoms with van der Waals surface area (Å²) in [4.78, 5) is 16.1. The van der Waals surface area contributed by atoms with Gasteiger partial charge in [0.25, 0.3) is 0 Å². The molecule has 0 radical (unpaired) electrons. The van der Waals surface area contributed by atoms with Crippen LogP contribution >= 0.6 is 22.6 Å². The molecule has 0 saturated carbocycles. The second kappa shape index (κ2) is 2.37. The Morgan fingerprint density at radius 2 is 1.91 bits per heavy atom. The highest BCUT2D eigenvalue weighted by Crippen LogP contribution is 2.11. The molecule has 0 amide bonds. The summed E-state index contributed by atoms with van der Waals surface area (Å²) in [5.41, 5.74) is 1.57. The summed E-state index contributed by atoms with van der Waals surface area (Å²) in [6.45, 7) is 0. The Kier molecular flexibility index (Phi) is 1.49. The van der Waals surface area contributed by atoms with Crippen LogP contribution in [0.4, 0.5) is 0 Å². The van der Waals surface area contributed by atoms with Crippen molar-refractivity contribution in [2.75, 3.05) is 0 Å². The van der Waals surface area contributed by atoms with Gasteiger partial charge in [0.15, 0.2) is 0 Å². The van der Waals surface area contributed by atoms with Gasteiger partial charge in [-0.25, -0.2) is 4.79 Å². The van der Waals surface area contributed by atoms with E-state index < -0.39 is 0 Å². The van der Waals surface area contributed by atoms with Gasteiger partial charge in [0.1, 0.15) is 0 Å². The van der Waals surface area contributed by atoms with Gasteiger partial charge in [-0.2, -0.15) is 0 Å². The minimum atomic E-state index is -0.151. The molecule has 0 aliphatic carbocycles. The number of halogens is 1. The van der Waals surface area contributed by atoms with Gasteiger partial charge in [0, 0.05) is 3.57 Å². The zero-order chi connectivity index (χ0) is 7.84. The SMILES string of the molecule is O=c1[nH]c2ccc(I)cc2[nH]1. The van der Waals surface area contributed by atoms with Gasteiger partial charge in [0.05, 0.1) is 11.0 Å². The van der Waals surface area contributed by atoms with Crippen LogP contribution in [0.1, 0.15) is 0 Å². The van der Waals surface area contributed by atoms with Crippen LogP contribution in [0.5, 0.6) is 0 Å². The van der Waals surface area contributed by atoms with Crippen molar-refractivity contribution in [1.82, 2.24) is 9.97 Å². The number of imidazole rings is 1. The molecule has 0 aliphatic rings. The van der Waals surface area contributed by atoms with Crippen LogP contribution in [0.3, 0.4) is 0 Å². The van der Waals surface area contributed by atoms with E-state index in [9.17, 15) is 4.79 Å². The smallest absolute Gasteiger partial charge is 0.306 e. The molecule has 0 fully saturated rings. The first-order valence-electron chi connectivity index (χ1n) is 3.13. The van der Waals surface area contributed by atoms with E-state index in [0.717, 1.165) is 14.6 Å². The van der Waals surface area contributed by atoms with Gasteiger partial charge in [-0.05, 0) is 40.8 Å². The van der Waals surface area contributed by atoms with Crippen molar-refractivity contribution in [3.05, 3.63) is 32.3 Å². The van der Waals surface area contributed by atoms with E-state index in [2.05, 4.69) is 32.6 Å². The third-order valence-corrected chi connectivity index (χ3v) is 2.15. The van der Waals surface area contributed by atoms with Crippen LogP contribution in [0.2, 0.25) is 0 Å². The molecule has 4 heteroatoms. The quantitative estimate of drug-likeness (QED) is 0.692. The zero-order valence-electron chi connectivity index (χ0n) is 5.52. The molecule has 0 unspecified atom stereocenters. The highest BCUT2D eigenvalue weighted by atomic mass is 127. The summed E-state index contributed by atoms with van der Waals surface area (Å²) in [7, 11) is 0. The molecule has 2 rings (SSSR count). The highest BCUT2D eigenvalue weighted by Gasteiger charge is 1.96. The first-order valence-corrected chi connectivity index (χ1v) is 4.21. The molecular weight excluding hydrogens is 255 g/mol. The highest BCUT2D eigenvalue weighted by molar-refractivity contribution is 14.1. The summed E-state index contributed by atoms with van der Waals surface area (Å²) in [6.07, 6.45) is 0. The second-order valence-electron chi connectivity index (χ2n) is 2.27. The Labute approximate surface area is 76.0 Å². The maximum Gasteiger partial charge on any atom is 0.323 e. The molecule has 0 bridgehead atoms. The number of rotatable bonds is 0. The molecule has 0 aliphatic heterocycles. The average molecular weight is 260 g/mol. The standard InChI is InChI=1S/C7H5IN2O/c8-4-1-2-5-6(3-4)10-7(11)9-5/h1-3H,(H2,9,10,11). The maximum absolute atomic E-state index is 10.8. The van der Waals surface area contributed by atoms with Crippen molar-refractivity contribution in [3.8, 4) is 0 Å². The van der Waals surface area contributed by atoms with Crippen LogP contribution in [-0.4, -0.2) is 9.97 Å². The lowest BCUT2D eigenvalue weighted by molar-refractivity contribution is 1.21. The van der Waals surface area contributed by atoms with E-state index in [0.29, 0.717) is 0 Å². The lowest BCUT2D eigenvalue weighted by Crippen LogP contribution is -1.99. The molecule has 1 heterocycles. The van der Waals surface area contributed by atoms with Gasteiger partial charge in [-0.15, -0.1) is 0 Å². The predicted octanol–water partition coefficient (Wildman–Crippen LogP) is 1.46. The first-order chi connectivity index (χ1) is 5.25. The molecule has 56 valence electrons. The molecule has 0 spiro atoms. The molecule has 0 atom stereocenters. The Morgan fingerprint density at radius 3 is 2.73 bits per heavy atom. The van der Waals surface area contributed by atoms with Crippen molar-refractivity contribution in [2.24, 2.45) is 0 Å². The molecule has 11 heavy (non-hydrogen) atoms. The van der Waals surface area contributed by atoms with Gasteiger partial charge < -0.3 is 9.97 Å². The molecule has 1 aromatic heterocycles. The lowest BCUT2D eigenvalue weighted by Gasteiger charge is -1.88. The van der Waals surface area contributed by atoms with Crippen LogP contribution < -0.4 is 5.69 Å². The second-order valence-corrected chi connectivity index (χ2v) is 3.51. The summed E-state index contributed by atoms with van der Waals surface area (Å²) in [6, 6.07) is 5.76. The maximum atomic E-state index is 10.8. The van der Waals surface area contributed by atoms with Crippen LogP contribution in [0.25, 0.3) is 11.0 Å². The molecule has 0 saturated heterocycles. The van der Waals surface area contributed by atoms with Crippen LogP contribution in [-0.2, 0) is 0 Å². The predicted molar refractivity (Wildman–Crippen MR) is 51.6 cm³/mol. The monoisotopic (exact) mass is 260 g/mol. The Morgan fingerprint density at radius 1 is 1.18 bits per heavy atom. The topological polar surface area (TPSA) is 48.6 Å². The number of hydrogen-bond acceptors (Lipinski definition) is 1. The number of hydrogen-bond donors (Lipinski definition) is 2. The number of nitrogens with one attached hydrogen (secondary N) is 2. The van der Waals surface area contributed by atoms with E-state index in [1.165, 1.54) is 0 Å². The number of aromatic nitrogens is 2. The van der Waals surface area contributed by atoms with E-state index in [-0.39, 0.29) is 5.69 Å². The Bertz CT molecular complexity index is 443. The van der Waals surface area contributed by atoms with Crippen molar-refractivity contribution in [3.63, 3.8) is 0 Å². The normalized spacial score (nSPS) is 10.6. The van der Waals surface area contributed by atoms with Crippen molar-refractivity contribution in [2.45, 2.75) is 0 Å². The van der Waals surface area contributed by atoms with Gasteiger partial charge >= 0.3 is 5.69 Å². The molecule has 1 aromatic carbocycles. The summed E-state index contributed by atoms with van der Waals surface area (Å²) < 4.78 is 1.12. The number of H-pyrrole nitrogens is 2. The minimum absolute atomic E-state index is 0.151. The molecule has 3 nitrogen and oxygen atoms in total. The van der Waals surface area contributed by atoms with E-state index in [1.807, 2.05) is 18.2 Å². The fraction of sp³-hybridized carbons (Fsp3) is 0. The zero-order valence-corrected chi connectivity index (χ0v) is 7.68. The fourth-order valence-corrected chi connectivity index (χ4v) is 1.50. The number of benzene rings is 1. The molecule has 2 aromatic rings. The Hall–Kier alpha value is -0.780. The van der Waals surface area contributed by atoms with E-state index in [4.69, 9.17) is 0 Å². The van der Waals surface area contributed by atoms with Gasteiger partial charge in [0.2, 0.25) is 0 Å². The Balaban J connectivity index is 2.92. The van der Waals surface area contributed by atoms with Gasteiger partial charge in [-0.1, -0.05) is 0 Å². The lowest BCUT2D eigenvalue weighted by atomic mass is 10.3. The van der Waals surface area contributed by atoms with E-state index >= 15 is 0 Å². The molecular formula is C7H5IN2O. The molecule has 2 N–H and O–H groups in total. The summed E-state index contributed by atoms with van der Waals surface area (Å²) >= 11 is 2.20. The summed E-state index contributed by atoms with van der Waals surface area (Å²) in [5, 5.41) is 0. The fourth-order valence-electron chi connectivity index (χ4n) is 1.00.